The topological polar surface area (TPSA) is 124 Å². The summed E-state index contributed by atoms with van der Waals surface area (Å²) in [6.45, 7) is 1.65. The third-order valence-electron chi connectivity index (χ3n) is 3.34. The Kier molecular flexibility index (Phi) is 5.70. The molecule has 0 aliphatic rings. The fourth-order valence-electron chi connectivity index (χ4n) is 2.04. The fourth-order valence-corrected chi connectivity index (χ4v) is 2.73. The standard InChI is InChI=1S/C16H20N4O4S/c1-10(24-2)16(21)19-12-6-4-11(5-7-12)15-18-13(8-14(17)20-15)9-25(3,22)23/h4-8,10H,9H2,1-3H3,(H,19,21)(H2,17,18,20)/t10-/m1/s1. The normalized spacial score (nSPS) is 12.6. The lowest BCUT2D eigenvalue weighted by atomic mass is 10.2. The molecule has 0 aliphatic heterocycles. The average Bonchev–Trinajstić information content (AvgIpc) is 2.52. The number of nitrogens with two attached hydrogens (primary N) is 1. The molecule has 1 heterocycles. The number of carbonyl (C=O) groups is 1. The number of nitrogens with one attached hydrogen (secondary N) is 1. The van der Waals surface area contributed by atoms with E-state index in [1.165, 1.54) is 13.2 Å². The number of rotatable bonds is 6. The highest BCUT2D eigenvalue weighted by Gasteiger charge is 2.13. The first-order valence-electron chi connectivity index (χ1n) is 7.43. The molecule has 0 spiro atoms. The van der Waals surface area contributed by atoms with Gasteiger partial charge in [0.15, 0.2) is 15.7 Å². The molecule has 134 valence electrons. The van der Waals surface area contributed by atoms with Crippen molar-refractivity contribution in [2.24, 2.45) is 0 Å². The summed E-state index contributed by atoms with van der Waals surface area (Å²) in [6, 6.07) is 8.25. The highest BCUT2D eigenvalue weighted by atomic mass is 32.2. The lowest BCUT2D eigenvalue weighted by molar-refractivity contribution is -0.124. The van der Waals surface area contributed by atoms with Crippen LogP contribution in [0.25, 0.3) is 11.4 Å². The Labute approximate surface area is 146 Å². The van der Waals surface area contributed by atoms with Crippen LogP contribution in [0.15, 0.2) is 30.3 Å². The number of nitrogens with zero attached hydrogens (tertiary/aromatic N) is 2. The van der Waals surface area contributed by atoms with Crippen LogP contribution >= 0.6 is 0 Å². The molecule has 0 saturated carbocycles. The van der Waals surface area contributed by atoms with Gasteiger partial charge in [0.05, 0.1) is 11.4 Å². The summed E-state index contributed by atoms with van der Waals surface area (Å²) in [7, 11) is -1.77. The summed E-state index contributed by atoms with van der Waals surface area (Å²) < 4.78 is 27.8. The van der Waals surface area contributed by atoms with Crippen LogP contribution in [0.3, 0.4) is 0 Å². The quantitative estimate of drug-likeness (QED) is 0.790. The number of methoxy groups -OCH3 is 1. The van der Waals surface area contributed by atoms with E-state index in [-0.39, 0.29) is 17.5 Å². The van der Waals surface area contributed by atoms with Crippen molar-refractivity contribution in [3.05, 3.63) is 36.0 Å². The number of ether oxygens (including phenoxy) is 1. The van der Waals surface area contributed by atoms with E-state index in [2.05, 4.69) is 15.3 Å². The maximum absolute atomic E-state index is 11.8. The van der Waals surface area contributed by atoms with Crippen molar-refractivity contribution in [1.29, 1.82) is 0 Å². The molecule has 2 rings (SSSR count). The summed E-state index contributed by atoms with van der Waals surface area (Å²) in [5.74, 6) is 0.0399. The van der Waals surface area contributed by atoms with Gasteiger partial charge in [-0.15, -0.1) is 0 Å². The number of hydrogen-bond acceptors (Lipinski definition) is 7. The Bertz CT molecular complexity index is 866. The van der Waals surface area contributed by atoms with Gasteiger partial charge in [-0.3, -0.25) is 4.79 Å². The van der Waals surface area contributed by atoms with E-state index in [4.69, 9.17) is 10.5 Å². The minimum Gasteiger partial charge on any atom is -0.384 e. The van der Waals surface area contributed by atoms with Crippen molar-refractivity contribution >= 4 is 27.2 Å². The predicted molar refractivity (Wildman–Crippen MR) is 95.5 cm³/mol. The second-order valence-corrected chi connectivity index (χ2v) is 7.76. The monoisotopic (exact) mass is 364 g/mol. The molecule has 0 radical (unpaired) electrons. The maximum Gasteiger partial charge on any atom is 0.253 e. The minimum atomic E-state index is -3.23. The molecule has 0 fully saturated rings. The zero-order chi connectivity index (χ0) is 18.6. The molecule has 0 saturated heterocycles. The van der Waals surface area contributed by atoms with Gasteiger partial charge in [0.25, 0.3) is 5.91 Å². The first-order valence-corrected chi connectivity index (χ1v) is 9.49. The number of hydrogen-bond donors (Lipinski definition) is 2. The van der Waals surface area contributed by atoms with Crippen molar-refractivity contribution < 1.29 is 17.9 Å². The highest BCUT2D eigenvalue weighted by Crippen LogP contribution is 2.20. The van der Waals surface area contributed by atoms with Crippen molar-refractivity contribution in [1.82, 2.24) is 9.97 Å². The van der Waals surface area contributed by atoms with Crippen LogP contribution in [-0.2, 0) is 25.1 Å². The van der Waals surface area contributed by atoms with Gasteiger partial charge in [-0.25, -0.2) is 18.4 Å². The maximum atomic E-state index is 11.8. The van der Waals surface area contributed by atoms with Gasteiger partial charge >= 0.3 is 0 Å². The molecule has 1 amide bonds. The largest absolute Gasteiger partial charge is 0.384 e. The van der Waals surface area contributed by atoms with Crippen LogP contribution in [0.5, 0.6) is 0 Å². The average molecular weight is 364 g/mol. The third-order valence-corrected chi connectivity index (χ3v) is 4.16. The summed E-state index contributed by atoms with van der Waals surface area (Å²) in [5, 5.41) is 2.72. The second-order valence-electron chi connectivity index (χ2n) is 5.62. The van der Waals surface area contributed by atoms with Crippen molar-refractivity contribution in [2.45, 2.75) is 18.8 Å². The summed E-state index contributed by atoms with van der Waals surface area (Å²) in [6.07, 6.45) is 0.569. The molecule has 2 aromatic rings. The molecule has 9 heteroatoms. The van der Waals surface area contributed by atoms with Crippen LogP contribution in [0.4, 0.5) is 11.5 Å². The van der Waals surface area contributed by atoms with E-state index in [0.717, 1.165) is 6.26 Å². The number of benzene rings is 1. The van der Waals surface area contributed by atoms with Gasteiger partial charge < -0.3 is 15.8 Å². The number of nitrogen functional groups attached to an aromatic ring is 1. The highest BCUT2D eigenvalue weighted by molar-refractivity contribution is 7.89. The van der Waals surface area contributed by atoms with E-state index in [1.54, 1.807) is 31.2 Å². The summed E-state index contributed by atoms with van der Waals surface area (Å²) in [4.78, 5) is 20.2. The summed E-state index contributed by atoms with van der Waals surface area (Å²) in [5.41, 5.74) is 7.32. The number of carbonyl (C=O) groups excluding carboxylic acids is 1. The molecule has 25 heavy (non-hydrogen) atoms. The predicted octanol–water partition coefficient (Wildman–Crippen LogP) is 1.24. The van der Waals surface area contributed by atoms with Gasteiger partial charge in [-0.2, -0.15) is 0 Å². The van der Waals surface area contributed by atoms with Crippen molar-refractivity contribution in [3.63, 3.8) is 0 Å². The Morgan fingerprint density at radius 3 is 2.48 bits per heavy atom. The van der Waals surface area contributed by atoms with Crippen LogP contribution in [-0.4, -0.2) is 43.8 Å². The number of aromatic nitrogens is 2. The van der Waals surface area contributed by atoms with Gasteiger partial charge in [0.2, 0.25) is 0 Å². The zero-order valence-electron chi connectivity index (χ0n) is 14.2. The molecule has 0 aliphatic carbocycles. The Balaban J connectivity index is 2.23. The first kappa shape index (κ1) is 18.8. The molecule has 1 atom stereocenters. The Morgan fingerprint density at radius 2 is 1.92 bits per heavy atom. The molecular formula is C16H20N4O4S. The molecule has 3 N–H and O–H groups in total. The molecule has 0 bridgehead atoms. The number of amides is 1. The lowest BCUT2D eigenvalue weighted by Crippen LogP contribution is -2.26. The molecular weight excluding hydrogens is 344 g/mol. The molecule has 8 nitrogen and oxygen atoms in total. The smallest absolute Gasteiger partial charge is 0.253 e. The van der Waals surface area contributed by atoms with Gasteiger partial charge in [-0.1, -0.05) is 0 Å². The van der Waals surface area contributed by atoms with Crippen molar-refractivity contribution in [2.75, 3.05) is 24.4 Å². The SMILES string of the molecule is CO[C@H](C)C(=O)Nc1ccc(-c2nc(N)cc(CS(C)(=O)=O)n2)cc1. The third kappa shape index (κ3) is 5.50. The van der Waals surface area contributed by atoms with E-state index in [9.17, 15) is 13.2 Å². The molecule has 0 unspecified atom stereocenters. The van der Waals surface area contributed by atoms with E-state index < -0.39 is 15.9 Å². The van der Waals surface area contributed by atoms with Crippen LogP contribution in [0, 0.1) is 0 Å². The summed E-state index contributed by atoms with van der Waals surface area (Å²) >= 11 is 0. The van der Waals surface area contributed by atoms with Crippen molar-refractivity contribution in [3.8, 4) is 11.4 Å². The second kappa shape index (κ2) is 7.58. The zero-order valence-corrected chi connectivity index (χ0v) is 15.0. The Morgan fingerprint density at radius 1 is 1.28 bits per heavy atom. The van der Waals surface area contributed by atoms with Gasteiger partial charge in [-0.05, 0) is 31.2 Å². The van der Waals surface area contributed by atoms with E-state index in [0.29, 0.717) is 22.8 Å². The molecule has 1 aromatic carbocycles. The van der Waals surface area contributed by atoms with Crippen LogP contribution in [0.1, 0.15) is 12.6 Å². The minimum absolute atomic E-state index is 0.190. The fraction of sp³-hybridized carbons (Fsp3) is 0.312. The number of sulfone groups is 1. The van der Waals surface area contributed by atoms with Crippen LogP contribution < -0.4 is 11.1 Å². The van der Waals surface area contributed by atoms with E-state index in [1.807, 2.05) is 0 Å². The van der Waals surface area contributed by atoms with Crippen LogP contribution in [0.2, 0.25) is 0 Å². The first-order chi connectivity index (χ1) is 11.7. The van der Waals surface area contributed by atoms with Gasteiger partial charge in [0.1, 0.15) is 11.9 Å². The van der Waals surface area contributed by atoms with Gasteiger partial charge in [0, 0.05) is 30.7 Å². The molecule has 1 aromatic heterocycles. The number of anilines is 2. The van der Waals surface area contributed by atoms with E-state index >= 15 is 0 Å². The Hall–Kier alpha value is -2.52. The lowest BCUT2D eigenvalue weighted by Gasteiger charge is -2.11.